The van der Waals surface area contributed by atoms with Gasteiger partial charge in [0.25, 0.3) is 0 Å². The van der Waals surface area contributed by atoms with E-state index >= 15 is 0 Å². The Labute approximate surface area is 111 Å². The van der Waals surface area contributed by atoms with E-state index in [-0.39, 0.29) is 5.91 Å². The average Bonchev–Trinajstić information content (AvgIpc) is 2.90. The maximum Gasteiger partial charge on any atom is 0.224 e. The molecule has 2 aromatic rings. The average molecular weight is 260 g/mol. The molecule has 1 aromatic carbocycles. The van der Waals surface area contributed by atoms with E-state index in [1.54, 1.807) is 11.3 Å². The molecule has 0 fully saturated rings. The van der Waals surface area contributed by atoms with E-state index in [0.717, 1.165) is 16.0 Å². The quantitative estimate of drug-likeness (QED) is 0.864. The maximum absolute atomic E-state index is 11.8. The zero-order chi connectivity index (χ0) is 12.8. The van der Waals surface area contributed by atoms with Crippen molar-refractivity contribution < 1.29 is 4.79 Å². The first-order valence-electron chi connectivity index (χ1n) is 5.85. The fourth-order valence-electron chi connectivity index (χ4n) is 1.76. The number of carbonyl (C=O) groups is 1. The number of benzene rings is 1. The Kier molecular flexibility index (Phi) is 4.50. The summed E-state index contributed by atoms with van der Waals surface area (Å²) in [6, 6.07) is 11.8. The second-order valence-electron chi connectivity index (χ2n) is 4.01. The summed E-state index contributed by atoms with van der Waals surface area (Å²) < 4.78 is 0. The molecule has 1 aromatic heterocycles. The molecule has 0 saturated carbocycles. The van der Waals surface area contributed by atoms with Crippen molar-refractivity contribution >= 4 is 17.2 Å². The Morgan fingerprint density at radius 1 is 1.17 bits per heavy atom. The summed E-state index contributed by atoms with van der Waals surface area (Å²) in [5.74, 6) is 0.0318. The molecule has 0 aliphatic heterocycles. The van der Waals surface area contributed by atoms with Gasteiger partial charge in [-0.3, -0.25) is 4.79 Å². The molecule has 0 unspecified atom stereocenters. The van der Waals surface area contributed by atoms with Gasteiger partial charge in [0.1, 0.15) is 0 Å². The van der Waals surface area contributed by atoms with E-state index in [0.29, 0.717) is 19.5 Å². The zero-order valence-electron chi connectivity index (χ0n) is 10.1. The lowest BCUT2D eigenvalue weighted by Gasteiger charge is -2.07. The minimum Gasteiger partial charge on any atom is -0.351 e. The molecule has 18 heavy (non-hydrogen) atoms. The van der Waals surface area contributed by atoms with Crippen LogP contribution in [0.1, 0.15) is 16.0 Å². The second kappa shape index (κ2) is 6.33. The number of amides is 1. The fourth-order valence-corrected chi connectivity index (χ4v) is 2.41. The molecule has 0 radical (unpaired) electrons. The van der Waals surface area contributed by atoms with Crippen LogP contribution in [0.3, 0.4) is 0 Å². The highest BCUT2D eigenvalue weighted by Gasteiger charge is 2.06. The molecule has 94 valence electrons. The van der Waals surface area contributed by atoms with Crippen LogP contribution >= 0.6 is 11.3 Å². The molecule has 2 rings (SSSR count). The van der Waals surface area contributed by atoms with Crippen molar-refractivity contribution in [1.29, 1.82) is 0 Å². The predicted octanol–water partition coefficient (Wildman–Crippen LogP) is 2.07. The van der Waals surface area contributed by atoms with Gasteiger partial charge in [-0.15, -0.1) is 11.3 Å². The molecular formula is C14H16N2OS. The molecule has 3 nitrogen and oxygen atoms in total. The van der Waals surface area contributed by atoms with Crippen molar-refractivity contribution in [2.45, 2.75) is 19.5 Å². The Hall–Kier alpha value is -1.65. The van der Waals surface area contributed by atoms with Gasteiger partial charge in [-0.1, -0.05) is 30.3 Å². The molecule has 0 atom stereocenters. The third kappa shape index (κ3) is 3.42. The predicted molar refractivity (Wildman–Crippen MR) is 74.2 cm³/mol. The van der Waals surface area contributed by atoms with Gasteiger partial charge in [-0.05, 0) is 22.6 Å². The molecule has 3 N–H and O–H groups in total. The van der Waals surface area contributed by atoms with E-state index in [9.17, 15) is 4.79 Å². The van der Waals surface area contributed by atoms with Gasteiger partial charge >= 0.3 is 0 Å². The van der Waals surface area contributed by atoms with Gasteiger partial charge in [0.05, 0.1) is 13.0 Å². The molecule has 0 bridgehead atoms. The first kappa shape index (κ1) is 12.8. The third-order valence-electron chi connectivity index (χ3n) is 2.73. The largest absolute Gasteiger partial charge is 0.351 e. The Balaban J connectivity index is 1.90. The van der Waals surface area contributed by atoms with E-state index in [1.165, 1.54) is 0 Å². The Morgan fingerprint density at radius 2 is 1.94 bits per heavy atom. The smallest absolute Gasteiger partial charge is 0.224 e. The van der Waals surface area contributed by atoms with E-state index in [2.05, 4.69) is 5.32 Å². The fraction of sp³-hybridized carbons (Fsp3) is 0.214. The Morgan fingerprint density at radius 3 is 2.61 bits per heavy atom. The minimum absolute atomic E-state index is 0.0318. The van der Waals surface area contributed by atoms with Crippen LogP contribution in [0.2, 0.25) is 0 Å². The van der Waals surface area contributed by atoms with Crippen molar-refractivity contribution in [3.63, 3.8) is 0 Å². The van der Waals surface area contributed by atoms with Crippen LogP contribution in [-0.2, 0) is 24.3 Å². The first-order chi connectivity index (χ1) is 8.79. The number of thiophene rings is 1. The van der Waals surface area contributed by atoms with Crippen LogP contribution < -0.4 is 11.1 Å². The standard InChI is InChI=1S/C14H16N2OS/c15-9-12-5-2-1-4-11(12)8-14(17)16-10-13-6-3-7-18-13/h1-7H,8-10,15H2,(H,16,17). The highest BCUT2D eigenvalue weighted by Crippen LogP contribution is 2.10. The lowest BCUT2D eigenvalue weighted by atomic mass is 10.0. The van der Waals surface area contributed by atoms with Gasteiger partial charge in [0.2, 0.25) is 5.91 Å². The van der Waals surface area contributed by atoms with E-state index in [4.69, 9.17) is 5.73 Å². The Bertz CT molecular complexity index is 508. The molecular weight excluding hydrogens is 244 g/mol. The first-order valence-corrected chi connectivity index (χ1v) is 6.73. The third-order valence-corrected chi connectivity index (χ3v) is 3.61. The minimum atomic E-state index is 0.0318. The summed E-state index contributed by atoms with van der Waals surface area (Å²) in [5.41, 5.74) is 7.68. The lowest BCUT2D eigenvalue weighted by Crippen LogP contribution is -2.24. The number of hydrogen-bond donors (Lipinski definition) is 2. The number of carbonyl (C=O) groups excluding carboxylic acids is 1. The molecule has 0 aliphatic rings. The number of rotatable bonds is 5. The summed E-state index contributed by atoms with van der Waals surface area (Å²) in [6.07, 6.45) is 0.388. The summed E-state index contributed by atoms with van der Waals surface area (Å²) in [7, 11) is 0. The summed E-state index contributed by atoms with van der Waals surface area (Å²) >= 11 is 1.64. The molecule has 1 amide bonds. The van der Waals surface area contributed by atoms with Crippen LogP contribution in [-0.4, -0.2) is 5.91 Å². The van der Waals surface area contributed by atoms with Crippen molar-refractivity contribution in [2.75, 3.05) is 0 Å². The molecule has 0 aliphatic carbocycles. The monoisotopic (exact) mass is 260 g/mol. The number of hydrogen-bond acceptors (Lipinski definition) is 3. The SMILES string of the molecule is NCc1ccccc1CC(=O)NCc1cccs1. The summed E-state index contributed by atoms with van der Waals surface area (Å²) in [6.45, 7) is 1.07. The highest BCUT2D eigenvalue weighted by molar-refractivity contribution is 7.09. The topological polar surface area (TPSA) is 55.1 Å². The summed E-state index contributed by atoms with van der Waals surface area (Å²) in [4.78, 5) is 13.0. The molecule has 4 heteroatoms. The highest BCUT2D eigenvalue weighted by atomic mass is 32.1. The van der Waals surface area contributed by atoms with E-state index in [1.807, 2.05) is 41.8 Å². The number of nitrogens with one attached hydrogen (secondary N) is 1. The van der Waals surface area contributed by atoms with Gasteiger partial charge in [-0.25, -0.2) is 0 Å². The van der Waals surface area contributed by atoms with Crippen LogP contribution in [0.5, 0.6) is 0 Å². The van der Waals surface area contributed by atoms with Crippen molar-refractivity contribution in [2.24, 2.45) is 5.73 Å². The molecule has 0 spiro atoms. The van der Waals surface area contributed by atoms with Crippen molar-refractivity contribution in [3.05, 3.63) is 57.8 Å². The van der Waals surface area contributed by atoms with Crippen LogP contribution in [0.4, 0.5) is 0 Å². The zero-order valence-corrected chi connectivity index (χ0v) is 10.9. The van der Waals surface area contributed by atoms with Gasteiger partial charge in [-0.2, -0.15) is 0 Å². The van der Waals surface area contributed by atoms with Gasteiger partial charge < -0.3 is 11.1 Å². The van der Waals surface area contributed by atoms with Crippen LogP contribution in [0.25, 0.3) is 0 Å². The van der Waals surface area contributed by atoms with E-state index < -0.39 is 0 Å². The van der Waals surface area contributed by atoms with Crippen molar-refractivity contribution in [3.8, 4) is 0 Å². The number of nitrogens with two attached hydrogens (primary N) is 1. The van der Waals surface area contributed by atoms with Crippen LogP contribution in [0, 0.1) is 0 Å². The van der Waals surface area contributed by atoms with Gasteiger partial charge in [0.15, 0.2) is 0 Å². The normalized spacial score (nSPS) is 10.3. The van der Waals surface area contributed by atoms with Gasteiger partial charge in [0, 0.05) is 11.4 Å². The second-order valence-corrected chi connectivity index (χ2v) is 5.04. The lowest BCUT2D eigenvalue weighted by molar-refractivity contribution is -0.120. The molecule has 0 saturated heterocycles. The molecule has 1 heterocycles. The van der Waals surface area contributed by atoms with Crippen molar-refractivity contribution in [1.82, 2.24) is 5.32 Å². The summed E-state index contributed by atoms with van der Waals surface area (Å²) in [5, 5.41) is 4.92. The maximum atomic E-state index is 11.8. The van der Waals surface area contributed by atoms with Crippen LogP contribution in [0.15, 0.2) is 41.8 Å².